The van der Waals surface area contributed by atoms with E-state index in [9.17, 15) is 9.59 Å². The number of rotatable bonds is 2. The van der Waals surface area contributed by atoms with Gasteiger partial charge in [-0.25, -0.2) is 0 Å². The van der Waals surface area contributed by atoms with Crippen molar-refractivity contribution in [2.75, 3.05) is 11.1 Å². The van der Waals surface area contributed by atoms with E-state index in [1.807, 2.05) is 36.4 Å². The lowest BCUT2D eigenvalue weighted by atomic mass is 9.59. The molecule has 2 heterocycles. The van der Waals surface area contributed by atoms with Gasteiger partial charge in [-0.2, -0.15) is 0 Å². The van der Waals surface area contributed by atoms with E-state index in [2.05, 4.69) is 33.2 Å². The van der Waals surface area contributed by atoms with Crippen molar-refractivity contribution in [2.24, 2.45) is 0 Å². The minimum atomic E-state index is -1.13. The molecule has 8 heteroatoms. The molecule has 3 unspecified atom stereocenters. The summed E-state index contributed by atoms with van der Waals surface area (Å²) in [5.41, 5.74) is 8.71. The largest absolute Gasteiger partial charge is 0.398 e. The first-order valence-corrected chi connectivity index (χ1v) is 11.9. The highest BCUT2D eigenvalue weighted by molar-refractivity contribution is 14.1. The Bertz CT molecular complexity index is 1280. The summed E-state index contributed by atoms with van der Waals surface area (Å²) in [6.45, 7) is 0. The molecule has 3 aromatic carbocycles. The zero-order valence-corrected chi connectivity index (χ0v) is 20.3. The number of halogens is 3. The normalized spacial score (nSPS) is 24.2. The predicted octanol–water partition coefficient (Wildman–Crippen LogP) is 5.42. The van der Waals surface area contributed by atoms with Crippen LogP contribution in [0.5, 0.6) is 0 Å². The van der Waals surface area contributed by atoms with Crippen molar-refractivity contribution >= 4 is 69.0 Å². The van der Waals surface area contributed by atoms with Crippen LogP contribution in [0.4, 0.5) is 11.4 Å². The van der Waals surface area contributed by atoms with Crippen LogP contribution >= 0.6 is 45.8 Å². The second kappa shape index (κ2) is 7.93. The number of carbonyl (C=O) groups is 2. The monoisotopic (exact) mass is 577 g/mol. The van der Waals surface area contributed by atoms with Crippen molar-refractivity contribution < 1.29 is 9.59 Å². The van der Waals surface area contributed by atoms with Gasteiger partial charge in [-0.1, -0.05) is 41.4 Å². The van der Waals surface area contributed by atoms with Gasteiger partial charge in [-0.3, -0.25) is 9.59 Å². The lowest BCUT2D eigenvalue weighted by Crippen LogP contribution is -2.57. The third kappa shape index (κ3) is 3.27. The fourth-order valence-electron chi connectivity index (χ4n) is 5.07. The summed E-state index contributed by atoms with van der Waals surface area (Å²) in [6, 6.07) is 17.7. The van der Waals surface area contributed by atoms with Crippen LogP contribution in [0.3, 0.4) is 0 Å². The van der Waals surface area contributed by atoms with E-state index in [0.717, 1.165) is 14.7 Å². The molecule has 4 N–H and O–H groups in total. The van der Waals surface area contributed by atoms with Gasteiger partial charge in [0.05, 0.1) is 6.04 Å². The van der Waals surface area contributed by atoms with Crippen molar-refractivity contribution in [2.45, 2.75) is 23.8 Å². The minimum Gasteiger partial charge on any atom is -0.398 e. The van der Waals surface area contributed by atoms with Gasteiger partial charge in [-0.15, -0.1) is 0 Å². The zero-order chi connectivity index (χ0) is 22.6. The minimum absolute atomic E-state index is 0.135. The molecule has 32 heavy (non-hydrogen) atoms. The lowest BCUT2D eigenvalue weighted by Gasteiger charge is -2.46. The molecule has 2 aliphatic heterocycles. The number of carbonyl (C=O) groups excluding carboxylic acids is 2. The molecule has 5 rings (SSSR count). The molecule has 2 aliphatic rings. The summed E-state index contributed by atoms with van der Waals surface area (Å²) in [5.74, 6) is -0.818. The molecule has 1 spiro atoms. The quantitative estimate of drug-likeness (QED) is 0.281. The van der Waals surface area contributed by atoms with Gasteiger partial charge in [0, 0.05) is 37.3 Å². The van der Waals surface area contributed by atoms with E-state index in [1.54, 1.807) is 24.3 Å². The summed E-state index contributed by atoms with van der Waals surface area (Å²) < 4.78 is 0.954. The molecule has 0 aliphatic carbocycles. The highest BCUT2D eigenvalue weighted by Gasteiger charge is 2.61. The topological polar surface area (TPSA) is 84.2 Å². The summed E-state index contributed by atoms with van der Waals surface area (Å²) in [5, 5.41) is 7.16. The number of benzene rings is 3. The number of amides is 2. The van der Waals surface area contributed by atoms with Crippen LogP contribution in [-0.2, 0) is 15.0 Å². The average Bonchev–Trinajstić information content (AvgIpc) is 3.02. The fourth-order valence-corrected chi connectivity index (χ4v) is 5.95. The summed E-state index contributed by atoms with van der Waals surface area (Å²) in [6.07, 6.45) is 0.135. The van der Waals surface area contributed by atoms with Crippen LogP contribution in [0.25, 0.3) is 0 Å². The molecule has 5 nitrogen and oxygen atoms in total. The van der Waals surface area contributed by atoms with Crippen molar-refractivity contribution in [1.29, 1.82) is 0 Å². The number of nitrogen functional groups attached to an aromatic ring is 1. The van der Waals surface area contributed by atoms with E-state index in [1.165, 1.54) is 0 Å². The molecular weight excluding hydrogens is 560 g/mol. The lowest BCUT2D eigenvalue weighted by molar-refractivity contribution is -0.131. The Morgan fingerprint density at radius 3 is 2.56 bits per heavy atom. The molecule has 3 aromatic rings. The summed E-state index contributed by atoms with van der Waals surface area (Å²) in [4.78, 5) is 26.9. The fraction of sp³-hybridized carbons (Fsp3) is 0.167. The van der Waals surface area contributed by atoms with Gasteiger partial charge in [0.25, 0.3) is 0 Å². The first kappa shape index (κ1) is 21.6. The predicted molar refractivity (Wildman–Crippen MR) is 135 cm³/mol. The third-order valence-electron chi connectivity index (χ3n) is 6.36. The zero-order valence-electron chi connectivity index (χ0n) is 16.7. The van der Waals surface area contributed by atoms with Crippen molar-refractivity contribution in [3.05, 3.63) is 91.0 Å². The van der Waals surface area contributed by atoms with E-state index >= 15 is 0 Å². The Kier molecular flexibility index (Phi) is 5.34. The second-order valence-electron chi connectivity index (χ2n) is 8.10. The first-order valence-electron chi connectivity index (χ1n) is 10.0. The summed E-state index contributed by atoms with van der Waals surface area (Å²) >= 11 is 14.8. The Hall–Kier alpha value is -2.29. The third-order valence-corrected chi connectivity index (χ3v) is 7.50. The molecule has 0 aromatic heterocycles. The molecule has 1 fully saturated rings. The van der Waals surface area contributed by atoms with Gasteiger partial charge in [-0.05, 0) is 81.7 Å². The van der Waals surface area contributed by atoms with Gasteiger partial charge in [0.15, 0.2) is 0 Å². The SMILES string of the molecule is Nc1ccc(I)cc1C1NC(=O)CC(c2cccc(Cl)c2)C12C(=O)Nc1cc(Cl)ccc12. The Labute approximate surface area is 208 Å². The van der Waals surface area contributed by atoms with E-state index in [4.69, 9.17) is 28.9 Å². The average molecular weight is 578 g/mol. The molecule has 0 bridgehead atoms. The van der Waals surface area contributed by atoms with Crippen LogP contribution in [0.1, 0.15) is 35.1 Å². The Balaban J connectivity index is 1.83. The highest BCUT2D eigenvalue weighted by Crippen LogP contribution is 2.58. The Morgan fingerprint density at radius 2 is 1.78 bits per heavy atom. The first-order chi connectivity index (χ1) is 15.3. The van der Waals surface area contributed by atoms with Gasteiger partial charge in [0.1, 0.15) is 5.41 Å². The smallest absolute Gasteiger partial charge is 0.238 e. The second-order valence-corrected chi connectivity index (χ2v) is 10.2. The maximum absolute atomic E-state index is 13.9. The van der Waals surface area contributed by atoms with Gasteiger partial charge < -0.3 is 16.4 Å². The van der Waals surface area contributed by atoms with E-state index in [-0.39, 0.29) is 18.2 Å². The molecule has 1 saturated heterocycles. The van der Waals surface area contributed by atoms with E-state index in [0.29, 0.717) is 27.0 Å². The van der Waals surface area contributed by atoms with Crippen LogP contribution in [0, 0.1) is 3.57 Å². The number of anilines is 2. The standard InChI is InChI=1S/C24H18Cl2IN3O2/c25-13-3-1-2-12(8-13)18-11-21(31)30-22(16-10-15(27)5-7-19(16)28)24(18)17-6-4-14(26)9-20(17)29-23(24)32/h1-10,18,22H,11,28H2,(H,29,32)(H,30,31). The van der Waals surface area contributed by atoms with Gasteiger partial charge in [0.2, 0.25) is 11.8 Å². The molecule has 162 valence electrons. The van der Waals surface area contributed by atoms with Gasteiger partial charge >= 0.3 is 0 Å². The van der Waals surface area contributed by atoms with Crippen LogP contribution < -0.4 is 16.4 Å². The van der Waals surface area contributed by atoms with Crippen molar-refractivity contribution in [3.63, 3.8) is 0 Å². The number of piperidine rings is 1. The molecular formula is C24H18Cl2IN3O2. The van der Waals surface area contributed by atoms with Crippen LogP contribution in [0.2, 0.25) is 10.0 Å². The highest BCUT2D eigenvalue weighted by atomic mass is 127. The Morgan fingerprint density at radius 1 is 1.00 bits per heavy atom. The number of nitrogens with one attached hydrogen (secondary N) is 2. The maximum atomic E-state index is 13.9. The molecule has 0 saturated carbocycles. The number of hydrogen-bond acceptors (Lipinski definition) is 3. The number of nitrogens with two attached hydrogens (primary N) is 1. The number of hydrogen-bond donors (Lipinski definition) is 3. The van der Waals surface area contributed by atoms with Crippen LogP contribution in [-0.4, -0.2) is 11.8 Å². The van der Waals surface area contributed by atoms with Crippen LogP contribution in [0.15, 0.2) is 60.7 Å². The van der Waals surface area contributed by atoms with E-state index < -0.39 is 17.4 Å². The number of fused-ring (bicyclic) bond motifs is 2. The van der Waals surface area contributed by atoms with Crippen molar-refractivity contribution in [1.82, 2.24) is 5.32 Å². The maximum Gasteiger partial charge on any atom is 0.238 e. The molecule has 2 amide bonds. The molecule has 0 radical (unpaired) electrons. The molecule has 3 atom stereocenters. The summed E-state index contributed by atoms with van der Waals surface area (Å²) in [7, 11) is 0. The van der Waals surface area contributed by atoms with Crippen molar-refractivity contribution in [3.8, 4) is 0 Å².